The lowest BCUT2D eigenvalue weighted by atomic mass is 10.1. The Kier molecular flexibility index (Phi) is 10.3. The molecule has 0 aliphatic carbocycles. The molecule has 0 aromatic heterocycles. The largest absolute Gasteiger partial charge is 0.354 e. The van der Waals surface area contributed by atoms with Gasteiger partial charge in [0.2, 0.25) is 10.0 Å². The molecule has 148 valence electrons. The van der Waals surface area contributed by atoms with Gasteiger partial charge in [0.15, 0.2) is 5.96 Å². The van der Waals surface area contributed by atoms with Crippen molar-refractivity contribution in [1.82, 2.24) is 15.4 Å². The molecule has 1 atom stereocenters. The third-order valence-electron chi connectivity index (χ3n) is 4.22. The summed E-state index contributed by atoms with van der Waals surface area (Å²) in [5.41, 5.74) is 1.79. The lowest BCUT2D eigenvalue weighted by Crippen LogP contribution is -2.41. The normalized spacial score (nSPS) is 13.5. The second-order valence-electron chi connectivity index (χ2n) is 6.60. The van der Waals surface area contributed by atoms with Gasteiger partial charge < -0.3 is 10.6 Å². The third-order valence-corrected chi connectivity index (χ3v) is 5.55. The van der Waals surface area contributed by atoms with Gasteiger partial charge in [-0.1, -0.05) is 56.9 Å². The first kappa shape index (κ1) is 22.4. The number of unbranched alkanes of at least 4 members (excludes halogenated alkanes) is 3. The molecule has 0 aliphatic heterocycles. The van der Waals surface area contributed by atoms with Crippen LogP contribution in [0.3, 0.4) is 0 Å². The number of benzene rings is 1. The van der Waals surface area contributed by atoms with E-state index in [9.17, 15) is 8.42 Å². The van der Waals surface area contributed by atoms with Crippen LogP contribution in [0.1, 0.15) is 57.1 Å². The highest BCUT2D eigenvalue weighted by molar-refractivity contribution is 7.88. The zero-order valence-corrected chi connectivity index (χ0v) is 17.3. The molecule has 1 rings (SSSR count). The van der Waals surface area contributed by atoms with Crippen LogP contribution in [0.2, 0.25) is 0 Å². The fourth-order valence-electron chi connectivity index (χ4n) is 2.68. The zero-order chi connectivity index (χ0) is 19.4. The van der Waals surface area contributed by atoms with E-state index in [0.717, 1.165) is 23.5 Å². The van der Waals surface area contributed by atoms with Gasteiger partial charge in [0.05, 0.1) is 5.75 Å². The third kappa shape index (κ3) is 9.20. The second-order valence-corrected chi connectivity index (χ2v) is 8.53. The van der Waals surface area contributed by atoms with Crippen molar-refractivity contribution in [2.24, 2.45) is 4.99 Å². The molecule has 0 bridgehead atoms. The van der Waals surface area contributed by atoms with Crippen LogP contribution >= 0.6 is 0 Å². The molecule has 0 saturated carbocycles. The van der Waals surface area contributed by atoms with Gasteiger partial charge in [0, 0.05) is 19.6 Å². The summed E-state index contributed by atoms with van der Waals surface area (Å²) in [5.74, 6) is 0.750. The van der Waals surface area contributed by atoms with Crippen molar-refractivity contribution >= 4 is 16.0 Å². The van der Waals surface area contributed by atoms with Crippen molar-refractivity contribution in [2.45, 2.75) is 64.3 Å². The molecule has 1 aromatic rings. The number of nitrogens with zero attached hydrogens (tertiary/aromatic N) is 1. The molecule has 0 spiro atoms. The molecule has 0 amide bonds. The van der Waals surface area contributed by atoms with Gasteiger partial charge in [-0.25, -0.2) is 13.1 Å². The molecule has 0 heterocycles. The number of sulfonamides is 1. The van der Waals surface area contributed by atoms with Crippen LogP contribution in [-0.4, -0.2) is 34.5 Å². The molecule has 3 N–H and O–H groups in total. The van der Waals surface area contributed by atoms with Crippen LogP contribution in [0.25, 0.3) is 0 Å². The fourth-order valence-corrected chi connectivity index (χ4v) is 3.45. The Morgan fingerprint density at radius 3 is 2.58 bits per heavy atom. The number of aliphatic imine (C=N–C) groups is 1. The Morgan fingerprint density at radius 1 is 1.19 bits per heavy atom. The number of rotatable bonds is 11. The summed E-state index contributed by atoms with van der Waals surface area (Å²) in [6.45, 7) is 4.98. The zero-order valence-electron chi connectivity index (χ0n) is 16.5. The van der Waals surface area contributed by atoms with E-state index >= 15 is 0 Å². The summed E-state index contributed by atoms with van der Waals surface area (Å²) in [6, 6.07) is 7.95. The highest BCUT2D eigenvalue weighted by Crippen LogP contribution is 2.09. The number of hydrogen-bond donors (Lipinski definition) is 3. The fraction of sp³-hybridized carbons (Fsp3) is 0.632. The van der Waals surface area contributed by atoms with Crippen LogP contribution < -0.4 is 15.4 Å². The molecular weight excluding hydrogens is 348 g/mol. The van der Waals surface area contributed by atoms with Gasteiger partial charge in [-0.05, 0) is 31.5 Å². The van der Waals surface area contributed by atoms with Crippen LogP contribution in [-0.2, 0) is 22.3 Å². The average molecular weight is 383 g/mol. The van der Waals surface area contributed by atoms with Crippen LogP contribution in [0.4, 0.5) is 0 Å². The summed E-state index contributed by atoms with van der Waals surface area (Å²) in [5, 5.41) is 6.70. The van der Waals surface area contributed by atoms with Gasteiger partial charge in [0.25, 0.3) is 0 Å². The molecular formula is C19H34N4O2S. The summed E-state index contributed by atoms with van der Waals surface area (Å²) in [4.78, 5) is 4.27. The Balaban J connectivity index is 2.50. The van der Waals surface area contributed by atoms with Gasteiger partial charge in [-0.3, -0.25) is 4.99 Å². The number of nitrogens with one attached hydrogen (secondary N) is 3. The molecule has 0 radical (unpaired) electrons. The lowest BCUT2D eigenvalue weighted by molar-refractivity contribution is 0.537. The van der Waals surface area contributed by atoms with E-state index in [2.05, 4.69) is 34.2 Å². The Hall–Kier alpha value is -1.60. The van der Waals surface area contributed by atoms with Crippen molar-refractivity contribution in [3.05, 3.63) is 35.4 Å². The van der Waals surface area contributed by atoms with E-state index in [1.54, 1.807) is 7.05 Å². The minimum atomic E-state index is -3.26. The Bertz CT molecular complexity index is 659. The van der Waals surface area contributed by atoms with E-state index in [-0.39, 0.29) is 5.75 Å². The van der Waals surface area contributed by atoms with Gasteiger partial charge in [-0.2, -0.15) is 0 Å². The summed E-state index contributed by atoms with van der Waals surface area (Å²) in [6.07, 6.45) is 6.16. The summed E-state index contributed by atoms with van der Waals surface area (Å²) < 4.78 is 25.7. The molecule has 0 saturated heterocycles. The molecule has 1 aromatic carbocycles. The Morgan fingerprint density at radius 2 is 1.92 bits per heavy atom. The average Bonchev–Trinajstić information content (AvgIpc) is 2.62. The number of guanidine groups is 1. The molecule has 1 unspecified atom stereocenters. The predicted molar refractivity (Wildman–Crippen MR) is 110 cm³/mol. The van der Waals surface area contributed by atoms with E-state index < -0.39 is 10.0 Å². The summed E-state index contributed by atoms with van der Waals surface area (Å²) in [7, 11) is -0.0714. The highest BCUT2D eigenvalue weighted by atomic mass is 32.2. The van der Waals surface area contributed by atoms with Gasteiger partial charge in [0.1, 0.15) is 0 Å². The first-order valence-electron chi connectivity index (χ1n) is 9.36. The molecule has 0 fully saturated rings. The van der Waals surface area contributed by atoms with Crippen LogP contribution in [0.5, 0.6) is 0 Å². The van der Waals surface area contributed by atoms with E-state index in [0.29, 0.717) is 12.6 Å². The highest BCUT2D eigenvalue weighted by Gasteiger charge is 2.09. The van der Waals surface area contributed by atoms with Gasteiger partial charge in [-0.15, -0.1) is 0 Å². The molecule has 0 aliphatic rings. The molecule has 6 nitrogen and oxygen atoms in total. The van der Waals surface area contributed by atoms with Crippen LogP contribution in [0.15, 0.2) is 29.3 Å². The molecule has 26 heavy (non-hydrogen) atoms. The molecule has 7 heteroatoms. The van der Waals surface area contributed by atoms with Crippen molar-refractivity contribution in [1.29, 1.82) is 0 Å². The maximum atomic E-state index is 11.7. The SMILES string of the molecule is CCCCCCC(C)NC(=NC)NCc1cccc(CS(=O)(=O)NC)c1. The van der Waals surface area contributed by atoms with E-state index in [1.165, 1.54) is 32.7 Å². The maximum absolute atomic E-state index is 11.7. The quantitative estimate of drug-likeness (QED) is 0.312. The number of hydrogen-bond acceptors (Lipinski definition) is 3. The van der Waals surface area contributed by atoms with Crippen molar-refractivity contribution in [3.63, 3.8) is 0 Å². The first-order chi connectivity index (χ1) is 12.4. The van der Waals surface area contributed by atoms with Crippen molar-refractivity contribution in [2.75, 3.05) is 14.1 Å². The maximum Gasteiger partial charge on any atom is 0.215 e. The summed E-state index contributed by atoms with van der Waals surface area (Å²) >= 11 is 0. The lowest BCUT2D eigenvalue weighted by Gasteiger charge is -2.18. The van der Waals surface area contributed by atoms with E-state index in [1.807, 2.05) is 24.3 Å². The van der Waals surface area contributed by atoms with Crippen molar-refractivity contribution < 1.29 is 8.42 Å². The van der Waals surface area contributed by atoms with Crippen molar-refractivity contribution in [3.8, 4) is 0 Å². The Labute approximate surface area is 158 Å². The van der Waals surface area contributed by atoms with E-state index in [4.69, 9.17) is 0 Å². The van der Waals surface area contributed by atoms with Gasteiger partial charge >= 0.3 is 0 Å². The smallest absolute Gasteiger partial charge is 0.215 e. The minimum Gasteiger partial charge on any atom is -0.354 e. The minimum absolute atomic E-state index is 0.0148. The predicted octanol–water partition coefficient (Wildman–Crippen LogP) is 2.76. The first-order valence-corrected chi connectivity index (χ1v) is 11.0. The standard InChI is InChI=1S/C19H34N4O2S/c1-5-6-7-8-10-16(2)23-19(20-3)22-14-17-11-9-12-18(13-17)15-26(24,25)21-4/h9,11-13,16,21H,5-8,10,14-15H2,1-4H3,(H2,20,22,23). The topological polar surface area (TPSA) is 82.6 Å². The van der Waals surface area contributed by atoms with Crippen LogP contribution in [0, 0.1) is 0 Å². The second kappa shape index (κ2) is 11.9. The monoisotopic (exact) mass is 382 g/mol.